The van der Waals surface area contributed by atoms with E-state index in [9.17, 15) is 13.2 Å². The van der Waals surface area contributed by atoms with Gasteiger partial charge in [0.25, 0.3) is 0 Å². The molecule has 0 heterocycles. The summed E-state index contributed by atoms with van der Waals surface area (Å²) in [5.74, 6) is -0.879. The predicted octanol–water partition coefficient (Wildman–Crippen LogP) is 1.68. The first-order valence-electron chi connectivity index (χ1n) is 5.81. The maximum absolute atomic E-state index is 11.9. The molecule has 0 aliphatic rings. The van der Waals surface area contributed by atoms with Crippen LogP contribution in [0, 0.1) is 16.7 Å². The van der Waals surface area contributed by atoms with Gasteiger partial charge in [0.05, 0.1) is 23.2 Å². The summed E-state index contributed by atoms with van der Waals surface area (Å²) in [7, 11) is -3.35. The quantitative estimate of drug-likeness (QED) is 0.713. The fourth-order valence-electron chi connectivity index (χ4n) is 1.14. The Balaban J connectivity index is 4.90. The number of ether oxygens (including phenoxy) is 1. The van der Waals surface area contributed by atoms with Crippen LogP contribution >= 0.6 is 0 Å². The van der Waals surface area contributed by atoms with Crippen molar-refractivity contribution in [1.82, 2.24) is 0 Å². The molecule has 0 spiro atoms. The summed E-state index contributed by atoms with van der Waals surface area (Å²) >= 11 is 0. The number of carbonyl (C=O) groups is 1. The fraction of sp³-hybridized carbons (Fsp3) is 0.833. The Labute approximate surface area is 109 Å². The maximum Gasteiger partial charge on any atom is 0.326 e. The summed E-state index contributed by atoms with van der Waals surface area (Å²) in [6.07, 6.45) is -0.0536. The Morgan fingerprint density at radius 3 is 2.11 bits per heavy atom. The number of hydrogen-bond acceptors (Lipinski definition) is 5. The molecule has 6 heteroatoms. The number of hydrogen-bond donors (Lipinski definition) is 0. The van der Waals surface area contributed by atoms with E-state index < -0.39 is 26.0 Å². The van der Waals surface area contributed by atoms with E-state index in [2.05, 4.69) is 0 Å². The van der Waals surface area contributed by atoms with Crippen molar-refractivity contribution >= 4 is 15.8 Å². The van der Waals surface area contributed by atoms with Crippen molar-refractivity contribution in [2.24, 2.45) is 5.41 Å². The fourth-order valence-corrected chi connectivity index (χ4v) is 2.43. The molecular weight excluding hydrogens is 254 g/mol. The Morgan fingerprint density at radius 1 is 1.28 bits per heavy atom. The lowest BCUT2D eigenvalue weighted by molar-refractivity contribution is -0.151. The van der Waals surface area contributed by atoms with E-state index in [4.69, 9.17) is 10.00 Å². The van der Waals surface area contributed by atoms with Crippen molar-refractivity contribution in [3.8, 4) is 6.07 Å². The topological polar surface area (TPSA) is 84.2 Å². The summed E-state index contributed by atoms with van der Waals surface area (Å²) in [6.45, 7) is 8.00. The van der Waals surface area contributed by atoms with Crippen LogP contribution in [0.25, 0.3) is 0 Å². The minimum Gasteiger partial charge on any atom is -0.465 e. The van der Waals surface area contributed by atoms with Gasteiger partial charge in [-0.25, -0.2) is 8.42 Å². The van der Waals surface area contributed by atoms with E-state index in [-0.39, 0.29) is 18.8 Å². The van der Waals surface area contributed by atoms with E-state index in [0.717, 1.165) is 0 Å². The summed E-state index contributed by atoms with van der Waals surface area (Å²) in [5.41, 5.74) is -1.41. The zero-order chi connectivity index (χ0) is 14.6. The number of rotatable bonds is 5. The SMILES string of the molecule is CCOC(=O)C(C)(C#N)CCS(=O)(=O)C(C)(C)C. The van der Waals surface area contributed by atoms with Crippen molar-refractivity contribution in [2.75, 3.05) is 12.4 Å². The second-order valence-electron chi connectivity index (χ2n) is 5.35. The van der Waals surface area contributed by atoms with Crippen LogP contribution < -0.4 is 0 Å². The first-order chi connectivity index (χ1) is 8.00. The third-order valence-corrected chi connectivity index (χ3v) is 5.38. The van der Waals surface area contributed by atoms with Crippen molar-refractivity contribution in [3.63, 3.8) is 0 Å². The van der Waals surface area contributed by atoms with Gasteiger partial charge in [0.15, 0.2) is 15.3 Å². The zero-order valence-electron chi connectivity index (χ0n) is 11.6. The summed E-state index contributed by atoms with van der Waals surface area (Å²) < 4.78 is 27.8. The lowest BCUT2D eigenvalue weighted by Crippen LogP contribution is -2.35. The van der Waals surface area contributed by atoms with Gasteiger partial charge in [-0.1, -0.05) is 0 Å². The molecule has 0 aromatic carbocycles. The summed E-state index contributed by atoms with van der Waals surface area (Å²) in [6, 6.07) is 1.85. The number of sulfone groups is 1. The molecule has 0 radical (unpaired) electrons. The molecule has 0 saturated heterocycles. The minimum absolute atomic E-state index is 0.0536. The molecule has 0 fully saturated rings. The second kappa shape index (κ2) is 5.70. The van der Waals surface area contributed by atoms with Crippen molar-refractivity contribution in [1.29, 1.82) is 5.26 Å². The molecule has 0 saturated carbocycles. The molecule has 1 atom stereocenters. The molecule has 0 rings (SSSR count). The van der Waals surface area contributed by atoms with Gasteiger partial charge < -0.3 is 4.74 Å². The van der Waals surface area contributed by atoms with E-state index in [0.29, 0.717) is 0 Å². The molecule has 0 N–H and O–H groups in total. The minimum atomic E-state index is -3.35. The first-order valence-corrected chi connectivity index (χ1v) is 7.46. The second-order valence-corrected chi connectivity index (χ2v) is 8.21. The zero-order valence-corrected chi connectivity index (χ0v) is 12.4. The number of carbonyl (C=O) groups excluding carboxylic acids is 1. The standard InChI is InChI=1S/C12H21NO4S/c1-6-17-10(14)12(5,9-13)7-8-18(15,16)11(2,3)4/h6-8H2,1-5H3. The van der Waals surface area contributed by atoms with Crippen LogP contribution in [-0.4, -0.2) is 31.5 Å². The normalized spacial score (nSPS) is 15.6. The molecule has 104 valence electrons. The Morgan fingerprint density at radius 2 is 1.78 bits per heavy atom. The molecule has 18 heavy (non-hydrogen) atoms. The van der Waals surface area contributed by atoms with Gasteiger partial charge >= 0.3 is 5.97 Å². The number of nitriles is 1. The highest BCUT2D eigenvalue weighted by molar-refractivity contribution is 7.92. The molecule has 0 aromatic heterocycles. The number of nitrogens with zero attached hydrogens (tertiary/aromatic N) is 1. The van der Waals surface area contributed by atoms with Gasteiger partial charge in [-0.3, -0.25) is 4.79 Å². The summed E-state index contributed by atoms with van der Waals surface area (Å²) in [5, 5.41) is 9.04. The molecule has 0 amide bonds. The third-order valence-electron chi connectivity index (χ3n) is 2.78. The summed E-state index contributed by atoms with van der Waals surface area (Å²) in [4.78, 5) is 11.6. The van der Waals surface area contributed by atoms with Crippen molar-refractivity contribution in [3.05, 3.63) is 0 Å². The maximum atomic E-state index is 11.9. The highest BCUT2D eigenvalue weighted by Crippen LogP contribution is 2.26. The molecule has 1 unspecified atom stereocenters. The third kappa shape index (κ3) is 3.98. The van der Waals surface area contributed by atoms with E-state index in [1.807, 2.05) is 6.07 Å². The van der Waals surface area contributed by atoms with Gasteiger partial charge in [-0.15, -0.1) is 0 Å². The smallest absolute Gasteiger partial charge is 0.326 e. The van der Waals surface area contributed by atoms with Crippen LogP contribution in [-0.2, 0) is 19.4 Å². The lowest BCUT2D eigenvalue weighted by atomic mass is 9.90. The number of esters is 1. The van der Waals surface area contributed by atoms with Crippen LogP contribution in [0.3, 0.4) is 0 Å². The lowest BCUT2D eigenvalue weighted by Gasteiger charge is -2.23. The molecular formula is C12H21NO4S. The van der Waals surface area contributed by atoms with E-state index in [1.165, 1.54) is 6.92 Å². The Hall–Kier alpha value is -1.09. The average molecular weight is 275 g/mol. The van der Waals surface area contributed by atoms with Crippen LogP contribution in [0.15, 0.2) is 0 Å². The Kier molecular flexibility index (Phi) is 5.35. The largest absolute Gasteiger partial charge is 0.465 e. The van der Waals surface area contributed by atoms with Crippen LogP contribution in [0.4, 0.5) is 0 Å². The van der Waals surface area contributed by atoms with Gasteiger partial charge in [0.2, 0.25) is 0 Å². The van der Waals surface area contributed by atoms with E-state index in [1.54, 1.807) is 27.7 Å². The molecule has 5 nitrogen and oxygen atoms in total. The van der Waals surface area contributed by atoms with Gasteiger partial charge in [-0.05, 0) is 41.0 Å². The van der Waals surface area contributed by atoms with Gasteiger partial charge in [0, 0.05) is 0 Å². The van der Waals surface area contributed by atoms with Crippen molar-refractivity contribution in [2.45, 2.75) is 45.8 Å². The first kappa shape index (κ1) is 16.9. The van der Waals surface area contributed by atoms with Crippen molar-refractivity contribution < 1.29 is 17.9 Å². The molecule has 0 aliphatic heterocycles. The van der Waals surface area contributed by atoms with Gasteiger partial charge in [0.1, 0.15) is 0 Å². The highest BCUT2D eigenvalue weighted by atomic mass is 32.2. The van der Waals surface area contributed by atoms with Crippen LogP contribution in [0.1, 0.15) is 41.0 Å². The predicted molar refractivity (Wildman–Crippen MR) is 68.5 cm³/mol. The highest BCUT2D eigenvalue weighted by Gasteiger charge is 2.38. The average Bonchev–Trinajstić information content (AvgIpc) is 2.24. The van der Waals surface area contributed by atoms with Crippen LogP contribution in [0.5, 0.6) is 0 Å². The van der Waals surface area contributed by atoms with E-state index >= 15 is 0 Å². The molecule has 0 aromatic rings. The van der Waals surface area contributed by atoms with Crippen LogP contribution in [0.2, 0.25) is 0 Å². The molecule has 0 bridgehead atoms. The monoisotopic (exact) mass is 275 g/mol. The Bertz CT molecular complexity index is 442. The molecule has 0 aliphatic carbocycles. The van der Waals surface area contributed by atoms with Gasteiger partial charge in [-0.2, -0.15) is 5.26 Å².